The minimum atomic E-state index is -1.40. The number of hydrogen-bond acceptors (Lipinski definition) is 0. The SMILES string of the molecule is CC#CC1(F)C=CC=CC1. The molecular weight excluding hydrogens is 127 g/mol. The Morgan fingerprint density at radius 3 is 2.80 bits per heavy atom. The van der Waals surface area contributed by atoms with Crippen molar-refractivity contribution >= 4 is 0 Å². The van der Waals surface area contributed by atoms with E-state index in [2.05, 4.69) is 11.8 Å². The van der Waals surface area contributed by atoms with E-state index in [1.54, 1.807) is 19.1 Å². The van der Waals surface area contributed by atoms with Crippen LogP contribution in [0, 0.1) is 11.8 Å². The lowest BCUT2D eigenvalue weighted by Gasteiger charge is -2.13. The summed E-state index contributed by atoms with van der Waals surface area (Å²) in [5.74, 6) is 5.07. The largest absolute Gasteiger partial charge is 0.225 e. The zero-order valence-corrected chi connectivity index (χ0v) is 5.89. The fraction of sp³-hybridized carbons (Fsp3) is 0.333. The normalized spacial score (nSPS) is 29.4. The molecule has 1 atom stereocenters. The Balaban J connectivity index is 2.77. The third-order valence-corrected chi connectivity index (χ3v) is 1.36. The molecule has 0 saturated carbocycles. The van der Waals surface area contributed by atoms with E-state index in [0.29, 0.717) is 6.42 Å². The maximum atomic E-state index is 13.3. The van der Waals surface area contributed by atoms with Crippen molar-refractivity contribution in [2.24, 2.45) is 0 Å². The van der Waals surface area contributed by atoms with Crippen LogP contribution in [0.3, 0.4) is 0 Å². The van der Waals surface area contributed by atoms with Gasteiger partial charge in [0.2, 0.25) is 0 Å². The highest BCUT2D eigenvalue weighted by Gasteiger charge is 2.22. The zero-order valence-electron chi connectivity index (χ0n) is 5.89. The maximum Gasteiger partial charge on any atom is 0.192 e. The fourth-order valence-electron chi connectivity index (χ4n) is 0.895. The first-order chi connectivity index (χ1) is 4.77. The quantitative estimate of drug-likeness (QED) is 0.448. The van der Waals surface area contributed by atoms with E-state index in [4.69, 9.17) is 0 Å². The molecule has 0 saturated heterocycles. The van der Waals surface area contributed by atoms with Crippen LogP contribution < -0.4 is 0 Å². The summed E-state index contributed by atoms with van der Waals surface area (Å²) in [7, 11) is 0. The fourth-order valence-corrected chi connectivity index (χ4v) is 0.895. The predicted octanol–water partition coefficient (Wildman–Crippen LogP) is 2.23. The summed E-state index contributed by atoms with van der Waals surface area (Å²) in [4.78, 5) is 0. The van der Waals surface area contributed by atoms with Gasteiger partial charge >= 0.3 is 0 Å². The molecule has 1 aliphatic rings. The molecule has 0 aromatic carbocycles. The number of allylic oxidation sites excluding steroid dienone is 4. The van der Waals surface area contributed by atoms with Crippen LogP contribution in [0.1, 0.15) is 13.3 Å². The molecule has 0 aliphatic heterocycles. The van der Waals surface area contributed by atoms with Gasteiger partial charge in [-0.1, -0.05) is 24.1 Å². The molecule has 0 radical (unpaired) electrons. The Kier molecular flexibility index (Phi) is 1.91. The van der Waals surface area contributed by atoms with Gasteiger partial charge in [0.25, 0.3) is 0 Å². The summed E-state index contributed by atoms with van der Waals surface area (Å²) in [6.07, 6.45) is 7.17. The van der Waals surface area contributed by atoms with Gasteiger partial charge in [-0.25, -0.2) is 4.39 Å². The number of alkyl halides is 1. The molecule has 0 nitrogen and oxygen atoms in total. The van der Waals surface area contributed by atoms with E-state index in [-0.39, 0.29) is 0 Å². The molecule has 0 N–H and O–H groups in total. The molecular formula is C9H9F. The van der Waals surface area contributed by atoms with Crippen molar-refractivity contribution in [2.45, 2.75) is 19.0 Å². The third-order valence-electron chi connectivity index (χ3n) is 1.36. The molecule has 0 spiro atoms. The topological polar surface area (TPSA) is 0 Å². The standard InChI is InChI=1S/C9H9F/c1-2-6-9(10)7-4-3-5-8-9/h3-5,7H,8H2,1H3. The average molecular weight is 136 g/mol. The van der Waals surface area contributed by atoms with Gasteiger partial charge in [0, 0.05) is 6.42 Å². The Labute approximate surface area is 60.4 Å². The first kappa shape index (κ1) is 7.08. The Morgan fingerprint density at radius 2 is 2.30 bits per heavy atom. The van der Waals surface area contributed by atoms with Crippen LogP contribution in [0.5, 0.6) is 0 Å². The summed E-state index contributed by atoms with van der Waals surface area (Å²) in [6.45, 7) is 1.65. The summed E-state index contributed by atoms with van der Waals surface area (Å²) >= 11 is 0. The van der Waals surface area contributed by atoms with Crippen molar-refractivity contribution in [3.05, 3.63) is 24.3 Å². The summed E-state index contributed by atoms with van der Waals surface area (Å²) in [6, 6.07) is 0. The highest BCUT2D eigenvalue weighted by atomic mass is 19.1. The van der Waals surface area contributed by atoms with Crippen LogP contribution in [0.25, 0.3) is 0 Å². The lowest BCUT2D eigenvalue weighted by Crippen LogP contribution is -2.16. The van der Waals surface area contributed by atoms with Gasteiger partial charge in [-0.2, -0.15) is 0 Å². The van der Waals surface area contributed by atoms with E-state index < -0.39 is 5.67 Å². The van der Waals surface area contributed by atoms with Gasteiger partial charge in [-0.15, -0.1) is 5.92 Å². The van der Waals surface area contributed by atoms with Crippen LogP contribution in [0.15, 0.2) is 24.3 Å². The minimum absolute atomic E-state index is 0.379. The maximum absolute atomic E-state index is 13.3. The smallest absolute Gasteiger partial charge is 0.192 e. The van der Waals surface area contributed by atoms with Crippen LogP contribution >= 0.6 is 0 Å². The zero-order chi connectivity index (χ0) is 7.45. The van der Waals surface area contributed by atoms with E-state index in [0.717, 1.165) is 0 Å². The van der Waals surface area contributed by atoms with Crippen molar-refractivity contribution in [1.29, 1.82) is 0 Å². The van der Waals surface area contributed by atoms with Gasteiger partial charge in [-0.3, -0.25) is 0 Å². The Hall–Kier alpha value is -1.03. The number of halogens is 1. The van der Waals surface area contributed by atoms with Crippen LogP contribution in [0.4, 0.5) is 4.39 Å². The van der Waals surface area contributed by atoms with Crippen molar-refractivity contribution in [1.82, 2.24) is 0 Å². The molecule has 0 heterocycles. The predicted molar refractivity (Wildman–Crippen MR) is 40.2 cm³/mol. The second-order valence-electron chi connectivity index (χ2n) is 2.23. The lowest BCUT2D eigenvalue weighted by molar-refractivity contribution is 0.313. The van der Waals surface area contributed by atoms with E-state index in [1.165, 1.54) is 6.08 Å². The second kappa shape index (κ2) is 2.70. The minimum Gasteiger partial charge on any atom is -0.225 e. The number of rotatable bonds is 0. The first-order valence-electron chi connectivity index (χ1n) is 3.24. The van der Waals surface area contributed by atoms with Gasteiger partial charge in [0.15, 0.2) is 5.67 Å². The molecule has 0 fully saturated rings. The molecule has 0 amide bonds. The molecule has 1 unspecified atom stereocenters. The molecule has 0 aromatic rings. The third kappa shape index (κ3) is 1.48. The molecule has 10 heavy (non-hydrogen) atoms. The average Bonchev–Trinajstić information content (AvgIpc) is 1.89. The highest BCUT2D eigenvalue weighted by molar-refractivity contribution is 5.29. The van der Waals surface area contributed by atoms with E-state index >= 15 is 0 Å². The van der Waals surface area contributed by atoms with Crippen molar-refractivity contribution in [3.63, 3.8) is 0 Å². The molecule has 52 valence electrons. The Morgan fingerprint density at radius 1 is 1.50 bits per heavy atom. The molecule has 1 rings (SSSR count). The van der Waals surface area contributed by atoms with Gasteiger partial charge in [0.1, 0.15) is 0 Å². The number of hydrogen-bond donors (Lipinski definition) is 0. The molecule has 0 bridgehead atoms. The molecule has 0 aromatic heterocycles. The van der Waals surface area contributed by atoms with Gasteiger partial charge < -0.3 is 0 Å². The first-order valence-corrected chi connectivity index (χ1v) is 3.24. The van der Waals surface area contributed by atoms with E-state index in [1.807, 2.05) is 6.08 Å². The summed E-state index contributed by atoms with van der Waals surface area (Å²) in [5, 5.41) is 0. The van der Waals surface area contributed by atoms with Gasteiger partial charge in [-0.05, 0) is 13.0 Å². The summed E-state index contributed by atoms with van der Waals surface area (Å²) < 4.78 is 13.3. The second-order valence-corrected chi connectivity index (χ2v) is 2.23. The van der Waals surface area contributed by atoms with Crippen LogP contribution in [-0.4, -0.2) is 5.67 Å². The van der Waals surface area contributed by atoms with Crippen molar-refractivity contribution in [3.8, 4) is 11.8 Å². The highest BCUT2D eigenvalue weighted by Crippen LogP contribution is 2.20. The monoisotopic (exact) mass is 136 g/mol. The molecule has 1 aliphatic carbocycles. The Bertz CT molecular complexity index is 227. The van der Waals surface area contributed by atoms with Gasteiger partial charge in [0.05, 0.1) is 0 Å². The van der Waals surface area contributed by atoms with Crippen molar-refractivity contribution in [2.75, 3.05) is 0 Å². The van der Waals surface area contributed by atoms with Crippen LogP contribution in [0.2, 0.25) is 0 Å². The summed E-state index contributed by atoms with van der Waals surface area (Å²) in [5.41, 5.74) is -1.40. The van der Waals surface area contributed by atoms with E-state index in [9.17, 15) is 4.39 Å². The van der Waals surface area contributed by atoms with Crippen molar-refractivity contribution < 1.29 is 4.39 Å². The lowest BCUT2D eigenvalue weighted by atomic mass is 9.98. The molecule has 1 heteroatoms. The van der Waals surface area contributed by atoms with Crippen LogP contribution in [-0.2, 0) is 0 Å².